The van der Waals surface area contributed by atoms with E-state index in [0.717, 1.165) is 4.88 Å². The summed E-state index contributed by atoms with van der Waals surface area (Å²) in [6, 6.07) is 7.29. The molecular formula is C18H23NO5S. The van der Waals surface area contributed by atoms with Crippen LogP contribution in [0, 0.1) is 6.92 Å². The molecule has 0 saturated heterocycles. The molecule has 1 amide bonds. The number of carbonyl (C=O) groups excluding carboxylic acids is 1. The highest BCUT2D eigenvalue weighted by Crippen LogP contribution is 2.38. The van der Waals surface area contributed by atoms with E-state index in [1.165, 1.54) is 26.2 Å². The molecule has 6 nitrogen and oxygen atoms in total. The van der Waals surface area contributed by atoms with Crippen LogP contribution >= 0.6 is 11.3 Å². The molecular weight excluding hydrogens is 342 g/mol. The summed E-state index contributed by atoms with van der Waals surface area (Å²) in [5.74, 6) is 1.08. The average molecular weight is 365 g/mol. The van der Waals surface area contributed by atoms with Crippen molar-refractivity contribution >= 4 is 17.2 Å². The quantitative estimate of drug-likeness (QED) is 0.778. The Bertz CT molecular complexity index is 703. The fraction of sp³-hybridized carbons (Fsp3) is 0.389. The molecule has 136 valence electrons. The summed E-state index contributed by atoms with van der Waals surface area (Å²) in [6.07, 6.45) is -0.190. The maximum absolute atomic E-state index is 12.5. The third kappa shape index (κ3) is 4.43. The average Bonchev–Trinajstić information content (AvgIpc) is 3.06. The minimum absolute atomic E-state index is 0.190. The first-order valence-electron chi connectivity index (χ1n) is 7.71. The number of methoxy groups -OCH3 is 4. The lowest BCUT2D eigenvalue weighted by molar-refractivity contribution is 0.0837. The molecule has 1 aromatic carbocycles. The Labute approximate surface area is 151 Å². The van der Waals surface area contributed by atoms with Gasteiger partial charge < -0.3 is 24.3 Å². The molecule has 0 bridgehead atoms. The van der Waals surface area contributed by atoms with E-state index in [1.807, 2.05) is 19.1 Å². The van der Waals surface area contributed by atoms with Crippen LogP contribution in [0.3, 0.4) is 0 Å². The van der Waals surface area contributed by atoms with Crippen LogP contribution in [0.1, 0.15) is 26.2 Å². The molecule has 0 aliphatic heterocycles. The van der Waals surface area contributed by atoms with Crippen molar-refractivity contribution in [1.82, 2.24) is 5.32 Å². The SMILES string of the molecule is COc1cc(C(=O)NCC(OC)c2ccc(C)s2)cc(OC)c1OC. The van der Waals surface area contributed by atoms with E-state index in [2.05, 4.69) is 5.32 Å². The van der Waals surface area contributed by atoms with Gasteiger partial charge in [-0.2, -0.15) is 0 Å². The summed E-state index contributed by atoms with van der Waals surface area (Å²) in [7, 11) is 6.18. The molecule has 1 unspecified atom stereocenters. The second-order valence-electron chi connectivity index (χ2n) is 5.30. The van der Waals surface area contributed by atoms with Crippen molar-refractivity contribution < 1.29 is 23.7 Å². The summed E-state index contributed by atoms with van der Waals surface area (Å²) in [5.41, 5.74) is 0.423. The molecule has 0 aliphatic carbocycles. The summed E-state index contributed by atoms with van der Waals surface area (Å²) in [6.45, 7) is 2.40. The third-order valence-electron chi connectivity index (χ3n) is 3.74. The summed E-state index contributed by atoms with van der Waals surface area (Å²) in [4.78, 5) is 14.8. The Hall–Kier alpha value is -2.25. The normalized spacial score (nSPS) is 11.7. The molecule has 0 fully saturated rings. The number of ether oxygens (including phenoxy) is 4. The number of aryl methyl sites for hydroxylation is 1. The van der Waals surface area contributed by atoms with Gasteiger partial charge in [-0.25, -0.2) is 0 Å². The highest BCUT2D eigenvalue weighted by molar-refractivity contribution is 7.12. The maximum atomic E-state index is 12.5. The number of amides is 1. The van der Waals surface area contributed by atoms with Crippen molar-refractivity contribution in [3.8, 4) is 17.2 Å². The van der Waals surface area contributed by atoms with Crippen LogP contribution in [-0.4, -0.2) is 40.9 Å². The van der Waals surface area contributed by atoms with Crippen molar-refractivity contribution in [3.63, 3.8) is 0 Å². The number of benzene rings is 1. The van der Waals surface area contributed by atoms with Crippen molar-refractivity contribution in [1.29, 1.82) is 0 Å². The molecule has 7 heteroatoms. The number of nitrogens with one attached hydrogen (secondary N) is 1. The van der Waals surface area contributed by atoms with E-state index in [-0.39, 0.29) is 12.0 Å². The fourth-order valence-electron chi connectivity index (χ4n) is 2.43. The number of rotatable bonds is 8. The molecule has 1 aromatic heterocycles. The van der Waals surface area contributed by atoms with Gasteiger partial charge in [0.15, 0.2) is 11.5 Å². The molecule has 1 heterocycles. The van der Waals surface area contributed by atoms with Crippen LogP contribution in [0.2, 0.25) is 0 Å². The minimum Gasteiger partial charge on any atom is -0.493 e. The molecule has 25 heavy (non-hydrogen) atoms. The molecule has 0 saturated carbocycles. The largest absolute Gasteiger partial charge is 0.493 e. The lowest BCUT2D eigenvalue weighted by Crippen LogP contribution is -2.28. The molecule has 1 atom stereocenters. The van der Waals surface area contributed by atoms with Gasteiger partial charge >= 0.3 is 0 Å². The smallest absolute Gasteiger partial charge is 0.251 e. The van der Waals surface area contributed by atoms with Crippen LogP contribution in [-0.2, 0) is 4.74 Å². The number of carbonyl (C=O) groups is 1. The van der Waals surface area contributed by atoms with Crippen molar-refractivity contribution in [2.45, 2.75) is 13.0 Å². The highest BCUT2D eigenvalue weighted by Gasteiger charge is 2.19. The van der Waals surface area contributed by atoms with Gasteiger partial charge in [0.1, 0.15) is 6.10 Å². The van der Waals surface area contributed by atoms with E-state index in [0.29, 0.717) is 29.4 Å². The van der Waals surface area contributed by atoms with Gasteiger partial charge in [-0.15, -0.1) is 11.3 Å². The van der Waals surface area contributed by atoms with Crippen molar-refractivity contribution in [3.05, 3.63) is 39.6 Å². The van der Waals surface area contributed by atoms with Gasteiger partial charge in [-0.1, -0.05) is 0 Å². The molecule has 0 radical (unpaired) electrons. The summed E-state index contributed by atoms with van der Waals surface area (Å²) < 4.78 is 21.3. The first-order valence-corrected chi connectivity index (χ1v) is 8.53. The van der Waals surface area contributed by atoms with Crippen LogP contribution in [0.5, 0.6) is 17.2 Å². The molecule has 0 aliphatic rings. The molecule has 2 aromatic rings. The Kier molecular flexibility index (Phi) is 6.66. The number of hydrogen-bond acceptors (Lipinski definition) is 6. The van der Waals surface area contributed by atoms with E-state index < -0.39 is 0 Å². The van der Waals surface area contributed by atoms with Crippen LogP contribution in [0.4, 0.5) is 0 Å². The monoisotopic (exact) mass is 365 g/mol. The van der Waals surface area contributed by atoms with Gasteiger partial charge in [0, 0.05) is 29.0 Å². The van der Waals surface area contributed by atoms with Crippen molar-refractivity contribution in [2.75, 3.05) is 35.0 Å². The first-order chi connectivity index (χ1) is 12.0. The lowest BCUT2D eigenvalue weighted by atomic mass is 10.1. The van der Waals surface area contributed by atoms with Gasteiger partial charge in [0.2, 0.25) is 5.75 Å². The van der Waals surface area contributed by atoms with Gasteiger partial charge in [0.05, 0.1) is 21.3 Å². The Balaban J connectivity index is 2.14. The van der Waals surface area contributed by atoms with E-state index >= 15 is 0 Å². The Morgan fingerprint density at radius 3 is 2.16 bits per heavy atom. The number of hydrogen-bond donors (Lipinski definition) is 1. The summed E-state index contributed by atoms with van der Waals surface area (Å²) >= 11 is 1.65. The zero-order valence-corrected chi connectivity index (χ0v) is 15.9. The van der Waals surface area contributed by atoms with E-state index in [4.69, 9.17) is 18.9 Å². The van der Waals surface area contributed by atoms with Crippen LogP contribution < -0.4 is 19.5 Å². The van der Waals surface area contributed by atoms with E-state index in [1.54, 1.807) is 30.6 Å². The minimum atomic E-state index is -0.241. The molecule has 1 N–H and O–H groups in total. The third-order valence-corrected chi connectivity index (χ3v) is 4.83. The van der Waals surface area contributed by atoms with Gasteiger partial charge in [-0.3, -0.25) is 4.79 Å². The predicted molar refractivity (Wildman–Crippen MR) is 97.2 cm³/mol. The topological polar surface area (TPSA) is 66.0 Å². The molecule has 2 rings (SSSR count). The lowest BCUT2D eigenvalue weighted by Gasteiger charge is -2.16. The zero-order valence-electron chi connectivity index (χ0n) is 15.0. The second-order valence-corrected chi connectivity index (χ2v) is 6.62. The fourth-order valence-corrected chi connectivity index (χ4v) is 3.38. The Morgan fingerprint density at radius 2 is 1.72 bits per heavy atom. The van der Waals surface area contributed by atoms with Crippen LogP contribution in [0.25, 0.3) is 0 Å². The zero-order chi connectivity index (χ0) is 18.4. The Morgan fingerprint density at radius 1 is 1.08 bits per heavy atom. The van der Waals surface area contributed by atoms with Crippen LogP contribution in [0.15, 0.2) is 24.3 Å². The van der Waals surface area contributed by atoms with Crippen molar-refractivity contribution in [2.24, 2.45) is 0 Å². The predicted octanol–water partition coefficient (Wildman–Crippen LogP) is 3.20. The highest BCUT2D eigenvalue weighted by atomic mass is 32.1. The van der Waals surface area contributed by atoms with Gasteiger partial charge in [0.25, 0.3) is 5.91 Å². The first kappa shape index (κ1) is 19.1. The molecule has 0 spiro atoms. The van der Waals surface area contributed by atoms with Gasteiger partial charge in [-0.05, 0) is 31.2 Å². The second kappa shape index (κ2) is 8.73. The standard InChI is InChI=1S/C18H23NO5S/c1-11-6-7-16(25-11)15(23-4)10-19-18(20)12-8-13(21-2)17(24-5)14(9-12)22-3/h6-9,15H,10H2,1-5H3,(H,19,20). The van der Waals surface area contributed by atoms with E-state index in [9.17, 15) is 4.79 Å². The summed E-state index contributed by atoms with van der Waals surface area (Å²) in [5, 5.41) is 2.89. The number of thiophene rings is 1. The maximum Gasteiger partial charge on any atom is 0.251 e.